The quantitative estimate of drug-likeness (QED) is 0.409. The second kappa shape index (κ2) is 8.53. The van der Waals surface area contributed by atoms with Gasteiger partial charge in [0.25, 0.3) is 0 Å². The zero-order chi connectivity index (χ0) is 22.1. The van der Waals surface area contributed by atoms with Crippen molar-refractivity contribution >= 4 is 17.2 Å². The Morgan fingerprint density at radius 2 is 1.91 bits per heavy atom. The van der Waals surface area contributed by atoms with Crippen LogP contribution in [0.5, 0.6) is 0 Å². The molecule has 1 aromatic carbocycles. The molecule has 0 bridgehead atoms. The topological polar surface area (TPSA) is 75.0 Å². The highest BCUT2D eigenvalue weighted by Gasteiger charge is 2.17. The summed E-state index contributed by atoms with van der Waals surface area (Å²) >= 11 is 6.14. The lowest BCUT2D eigenvalue weighted by Crippen LogP contribution is -2.18. The van der Waals surface area contributed by atoms with Crippen molar-refractivity contribution in [3.8, 4) is 22.6 Å². The smallest absolute Gasteiger partial charge is 0.155 e. The van der Waals surface area contributed by atoms with E-state index >= 15 is 0 Å². The summed E-state index contributed by atoms with van der Waals surface area (Å²) in [5, 5.41) is 5.01. The van der Waals surface area contributed by atoms with E-state index in [-0.39, 0.29) is 0 Å². The summed E-state index contributed by atoms with van der Waals surface area (Å²) < 4.78 is 1.75. The molecule has 0 saturated heterocycles. The molecule has 160 valence electrons. The lowest BCUT2D eigenvalue weighted by molar-refractivity contribution is 0.312. The van der Waals surface area contributed by atoms with Crippen molar-refractivity contribution in [3.63, 3.8) is 0 Å². The monoisotopic (exact) mass is 443 g/mol. The Bertz CT molecular complexity index is 1390. The van der Waals surface area contributed by atoms with Crippen molar-refractivity contribution in [3.05, 3.63) is 89.2 Å². The zero-order valence-corrected chi connectivity index (χ0v) is 18.6. The van der Waals surface area contributed by atoms with Crippen LogP contribution in [0.1, 0.15) is 17.1 Å². The third-order valence-corrected chi connectivity index (χ3v) is 5.44. The predicted molar refractivity (Wildman–Crippen MR) is 125 cm³/mol. The van der Waals surface area contributed by atoms with Crippen LogP contribution in [0, 0.1) is 6.92 Å². The van der Waals surface area contributed by atoms with Gasteiger partial charge in [-0.3, -0.25) is 9.88 Å². The number of rotatable bonds is 6. The molecule has 4 heterocycles. The highest BCUT2D eigenvalue weighted by Crippen LogP contribution is 2.30. The number of aromatic nitrogens is 6. The SMILES string of the molecule is Cc1cccc(-c2[nH]c(CN(C)Cc3cccc(Cl)c3)nc2-c2ccc3ncnn3c2)n1. The second-order valence-corrected chi connectivity index (χ2v) is 8.29. The van der Waals surface area contributed by atoms with Crippen LogP contribution < -0.4 is 0 Å². The number of nitrogens with one attached hydrogen (secondary N) is 1. The van der Waals surface area contributed by atoms with E-state index in [1.54, 1.807) is 10.8 Å². The Balaban J connectivity index is 1.50. The van der Waals surface area contributed by atoms with Gasteiger partial charge in [-0.1, -0.05) is 29.8 Å². The first-order valence-corrected chi connectivity index (χ1v) is 10.7. The van der Waals surface area contributed by atoms with E-state index in [1.165, 1.54) is 0 Å². The van der Waals surface area contributed by atoms with Gasteiger partial charge < -0.3 is 4.98 Å². The van der Waals surface area contributed by atoms with E-state index in [2.05, 4.69) is 33.1 Å². The first-order chi connectivity index (χ1) is 15.5. The summed E-state index contributed by atoms with van der Waals surface area (Å²) in [6.45, 7) is 3.40. The maximum absolute atomic E-state index is 6.14. The normalized spacial score (nSPS) is 11.5. The molecule has 32 heavy (non-hydrogen) atoms. The Kier molecular flexibility index (Phi) is 5.43. The summed E-state index contributed by atoms with van der Waals surface area (Å²) in [4.78, 5) is 19.6. The van der Waals surface area contributed by atoms with Crippen molar-refractivity contribution in [1.29, 1.82) is 0 Å². The van der Waals surface area contributed by atoms with Crippen molar-refractivity contribution in [1.82, 2.24) is 34.4 Å². The highest BCUT2D eigenvalue weighted by molar-refractivity contribution is 6.30. The molecule has 0 fully saturated rings. The molecule has 5 rings (SSSR count). The van der Waals surface area contributed by atoms with Crippen LogP contribution in [0.4, 0.5) is 0 Å². The van der Waals surface area contributed by atoms with Gasteiger partial charge in [0.2, 0.25) is 0 Å². The van der Waals surface area contributed by atoms with Gasteiger partial charge in [0.1, 0.15) is 12.2 Å². The molecule has 0 radical (unpaired) electrons. The number of H-pyrrole nitrogens is 1. The maximum atomic E-state index is 6.14. The minimum absolute atomic E-state index is 0.650. The first kappa shape index (κ1) is 20.4. The number of hydrogen-bond acceptors (Lipinski definition) is 5. The average molecular weight is 444 g/mol. The van der Waals surface area contributed by atoms with Crippen molar-refractivity contribution < 1.29 is 0 Å². The van der Waals surface area contributed by atoms with Crippen LogP contribution in [0.2, 0.25) is 5.02 Å². The Labute approximate surface area is 190 Å². The van der Waals surface area contributed by atoms with E-state index in [4.69, 9.17) is 21.6 Å². The number of pyridine rings is 2. The van der Waals surface area contributed by atoms with Crippen LogP contribution in [-0.2, 0) is 13.1 Å². The minimum atomic E-state index is 0.650. The molecule has 5 aromatic rings. The Hall–Kier alpha value is -3.55. The molecule has 0 spiro atoms. The number of fused-ring (bicyclic) bond motifs is 1. The molecule has 0 aliphatic heterocycles. The second-order valence-electron chi connectivity index (χ2n) is 7.85. The van der Waals surface area contributed by atoms with Gasteiger partial charge in [-0.05, 0) is 55.9 Å². The third-order valence-electron chi connectivity index (χ3n) is 5.21. The molecule has 0 aliphatic carbocycles. The average Bonchev–Trinajstić information content (AvgIpc) is 3.40. The fourth-order valence-electron chi connectivity index (χ4n) is 3.79. The molecule has 7 nitrogen and oxygen atoms in total. The van der Waals surface area contributed by atoms with E-state index in [1.807, 2.05) is 61.7 Å². The van der Waals surface area contributed by atoms with Crippen molar-refractivity contribution in [2.75, 3.05) is 7.05 Å². The van der Waals surface area contributed by atoms with Crippen LogP contribution >= 0.6 is 11.6 Å². The zero-order valence-electron chi connectivity index (χ0n) is 17.8. The van der Waals surface area contributed by atoms with Gasteiger partial charge in [-0.25, -0.2) is 14.5 Å². The first-order valence-electron chi connectivity index (χ1n) is 10.3. The molecule has 4 aromatic heterocycles. The molecular weight excluding hydrogens is 422 g/mol. The Morgan fingerprint density at radius 1 is 1.03 bits per heavy atom. The summed E-state index contributed by atoms with van der Waals surface area (Å²) in [5.74, 6) is 0.863. The number of nitrogens with zero attached hydrogens (tertiary/aromatic N) is 6. The third kappa shape index (κ3) is 4.26. The molecule has 0 saturated carbocycles. The number of benzene rings is 1. The van der Waals surface area contributed by atoms with E-state index in [9.17, 15) is 0 Å². The molecule has 0 unspecified atom stereocenters. The fraction of sp³-hybridized carbons (Fsp3) is 0.167. The van der Waals surface area contributed by atoms with Crippen LogP contribution in [0.25, 0.3) is 28.3 Å². The molecule has 0 atom stereocenters. The summed E-state index contributed by atoms with van der Waals surface area (Å²) in [7, 11) is 2.06. The van der Waals surface area contributed by atoms with Gasteiger partial charge in [0.15, 0.2) is 5.65 Å². The Morgan fingerprint density at radius 3 is 2.75 bits per heavy atom. The van der Waals surface area contributed by atoms with Gasteiger partial charge >= 0.3 is 0 Å². The standard InChI is InChI=1S/C24H22ClN7/c1-16-5-3-8-20(28-16)24-23(18-9-10-22-26-15-27-32(22)13-18)29-21(30-24)14-31(2)12-17-6-4-7-19(25)11-17/h3-11,13,15H,12,14H2,1-2H3,(H,29,30). The van der Waals surface area contributed by atoms with Gasteiger partial charge in [-0.15, -0.1) is 0 Å². The van der Waals surface area contributed by atoms with Gasteiger partial charge in [-0.2, -0.15) is 5.10 Å². The lowest BCUT2D eigenvalue weighted by Gasteiger charge is -2.15. The predicted octanol–water partition coefficient (Wildman–Crippen LogP) is 4.78. The van der Waals surface area contributed by atoms with E-state index in [0.29, 0.717) is 6.54 Å². The van der Waals surface area contributed by atoms with E-state index in [0.717, 1.165) is 56.9 Å². The number of hydrogen-bond donors (Lipinski definition) is 1. The summed E-state index contributed by atoms with van der Waals surface area (Å²) in [6, 6.07) is 17.9. The number of aromatic amines is 1. The van der Waals surface area contributed by atoms with Gasteiger partial charge in [0, 0.05) is 29.0 Å². The van der Waals surface area contributed by atoms with Crippen LogP contribution in [0.15, 0.2) is 67.1 Å². The van der Waals surface area contributed by atoms with Crippen molar-refractivity contribution in [2.45, 2.75) is 20.0 Å². The lowest BCUT2D eigenvalue weighted by atomic mass is 10.1. The minimum Gasteiger partial charge on any atom is -0.339 e. The van der Waals surface area contributed by atoms with Crippen LogP contribution in [-0.4, -0.2) is 41.5 Å². The molecule has 8 heteroatoms. The number of halogens is 1. The highest BCUT2D eigenvalue weighted by atomic mass is 35.5. The summed E-state index contributed by atoms with van der Waals surface area (Å²) in [5.41, 5.74) is 6.43. The van der Waals surface area contributed by atoms with Crippen molar-refractivity contribution in [2.24, 2.45) is 0 Å². The largest absolute Gasteiger partial charge is 0.339 e. The number of aryl methyl sites for hydroxylation is 1. The molecule has 1 N–H and O–H groups in total. The fourth-order valence-corrected chi connectivity index (χ4v) is 4.00. The van der Waals surface area contributed by atoms with Crippen LogP contribution in [0.3, 0.4) is 0 Å². The van der Waals surface area contributed by atoms with Gasteiger partial charge in [0.05, 0.1) is 23.6 Å². The molecule has 0 amide bonds. The number of imidazole rings is 1. The van der Waals surface area contributed by atoms with E-state index < -0.39 is 0 Å². The molecule has 0 aliphatic rings. The summed E-state index contributed by atoms with van der Waals surface area (Å²) in [6.07, 6.45) is 3.49. The maximum Gasteiger partial charge on any atom is 0.155 e. The molecular formula is C24H22ClN7.